The van der Waals surface area contributed by atoms with Gasteiger partial charge in [-0.3, -0.25) is 0 Å². The third kappa shape index (κ3) is 4.17. The zero-order valence-electron chi connectivity index (χ0n) is 12.7. The smallest absolute Gasteiger partial charge is 0.127 e. The van der Waals surface area contributed by atoms with Crippen LogP contribution in [0.2, 0.25) is 0 Å². The first-order valence-corrected chi connectivity index (χ1v) is 8.04. The van der Waals surface area contributed by atoms with E-state index in [1.807, 2.05) is 32.0 Å². The highest BCUT2D eigenvalue weighted by Crippen LogP contribution is 2.26. The maximum absolute atomic E-state index is 14.1. The molecule has 0 fully saturated rings. The Labute approximate surface area is 133 Å². The molecule has 0 radical (unpaired) electrons. The molecule has 1 N–H and O–H groups in total. The van der Waals surface area contributed by atoms with Crippen LogP contribution in [0.5, 0.6) is 0 Å². The molecule has 0 spiro atoms. The van der Waals surface area contributed by atoms with Gasteiger partial charge >= 0.3 is 0 Å². The maximum Gasteiger partial charge on any atom is 0.127 e. The predicted octanol–water partition coefficient (Wildman–Crippen LogP) is 5.08. The molecule has 0 aliphatic heterocycles. The van der Waals surface area contributed by atoms with Gasteiger partial charge in [-0.1, -0.05) is 28.9 Å². The first kappa shape index (κ1) is 16.2. The molecule has 1 aromatic heterocycles. The van der Waals surface area contributed by atoms with Gasteiger partial charge < -0.3 is 9.73 Å². The fourth-order valence-corrected chi connectivity index (χ4v) is 2.85. The molecule has 1 heterocycles. The zero-order valence-corrected chi connectivity index (χ0v) is 14.3. The lowest BCUT2D eigenvalue weighted by molar-refractivity contribution is 0.476. The van der Waals surface area contributed by atoms with Crippen LogP contribution in [0.1, 0.15) is 42.0 Å². The van der Waals surface area contributed by atoms with Crippen molar-refractivity contribution in [1.82, 2.24) is 5.32 Å². The van der Waals surface area contributed by atoms with E-state index in [1.165, 1.54) is 6.07 Å². The summed E-state index contributed by atoms with van der Waals surface area (Å²) in [6.07, 6.45) is 1.65. The van der Waals surface area contributed by atoms with E-state index in [1.54, 1.807) is 0 Å². The minimum absolute atomic E-state index is 0.0677. The molecule has 0 saturated heterocycles. The second-order valence-electron chi connectivity index (χ2n) is 5.32. The minimum Gasteiger partial charge on any atom is -0.466 e. The molecule has 0 aliphatic carbocycles. The Morgan fingerprint density at radius 3 is 2.62 bits per heavy atom. The van der Waals surface area contributed by atoms with Gasteiger partial charge in [0.2, 0.25) is 0 Å². The van der Waals surface area contributed by atoms with E-state index >= 15 is 0 Å². The summed E-state index contributed by atoms with van der Waals surface area (Å²) in [7, 11) is 0. The summed E-state index contributed by atoms with van der Waals surface area (Å²) in [4.78, 5) is 0. The van der Waals surface area contributed by atoms with Gasteiger partial charge in [0, 0.05) is 16.1 Å². The van der Waals surface area contributed by atoms with E-state index in [-0.39, 0.29) is 11.9 Å². The van der Waals surface area contributed by atoms with Crippen LogP contribution in [0.3, 0.4) is 0 Å². The van der Waals surface area contributed by atoms with Crippen molar-refractivity contribution >= 4 is 15.9 Å². The van der Waals surface area contributed by atoms with Crippen LogP contribution in [0.4, 0.5) is 4.39 Å². The average molecular weight is 354 g/mol. The van der Waals surface area contributed by atoms with Crippen molar-refractivity contribution < 1.29 is 8.81 Å². The number of halogens is 2. The van der Waals surface area contributed by atoms with Gasteiger partial charge in [0.15, 0.2) is 0 Å². The number of hydrogen-bond donors (Lipinski definition) is 1. The molecular formula is C17H21BrFNO. The van der Waals surface area contributed by atoms with Crippen LogP contribution < -0.4 is 5.32 Å². The van der Waals surface area contributed by atoms with Gasteiger partial charge in [-0.25, -0.2) is 4.39 Å². The first-order valence-electron chi connectivity index (χ1n) is 7.25. The van der Waals surface area contributed by atoms with Crippen LogP contribution in [-0.4, -0.2) is 6.54 Å². The summed E-state index contributed by atoms with van der Waals surface area (Å²) in [5.74, 6) is 1.62. The number of furan rings is 1. The molecule has 2 nitrogen and oxygen atoms in total. The number of nitrogens with one attached hydrogen (secondary N) is 1. The third-order valence-corrected chi connectivity index (χ3v) is 4.03. The second-order valence-corrected chi connectivity index (χ2v) is 6.23. The Hall–Kier alpha value is -1.13. The Morgan fingerprint density at radius 2 is 2.05 bits per heavy atom. The lowest BCUT2D eigenvalue weighted by Crippen LogP contribution is -2.24. The molecule has 2 rings (SSSR count). The topological polar surface area (TPSA) is 25.2 Å². The van der Waals surface area contributed by atoms with Crippen molar-refractivity contribution in [2.75, 3.05) is 6.54 Å². The average Bonchev–Trinajstić information content (AvgIpc) is 2.76. The van der Waals surface area contributed by atoms with Crippen LogP contribution in [0.15, 0.2) is 33.2 Å². The fraction of sp³-hybridized carbons (Fsp3) is 0.412. The van der Waals surface area contributed by atoms with E-state index in [0.717, 1.165) is 34.5 Å². The molecule has 1 unspecified atom stereocenters. The van der Waals surface area contributed by atoms with Gasteiger partial charge in [-0.15, -0.1) is 0 Å². The first-order chi connectivity index (χ1) is 10.0. The van der Waals surface area contributed by atoms with Gasteiger partial charge in [0.25, 0.3) is 0 Å². The van der Waals surface area contributed by atoms with E-state index in [9.17, 15) is 4.39 Å². The van der Waals surface area contributed by atoms with E-state index in [0.29, 0.717) is 12.0 Å². The van der Waals surface area contributed by atoms with Crippen molar-refractivity contribution in [3.8, 4) is 0 Å². The lowest BCUT2D eigenvalue weighted by Gasteiger charge is -2.18. The fourth-order valence-electron chi connectivity index (χ4n) is 2.51. The molecular weight excluding hydrogens is 333 g/mol. The van der Waals surface area contributed by atoms with E-state index in [2.05, 4.69) is 28.2 Å². The molecule has 114 valence electrons. The minimum atomic E-state index is -0.175. The Bertz CT molecular complexity index is 609. The van der Waals surface area contributed by atoms with Gasteiger partial charge in [-0.2, -0.15) is 0 Å². The van der Waals surface area contributed by atoms with Crippen molar-refractivity contribution in [3.63, 3.8) is 0 Å². The van der Waals surface area contributed by atoms with Crippen molar-refractivity contribution in [1.29, 1.82) is 0 Å². The highest BCUT2D eigenvalue weighted by atomic mass is 79.9. The largest absolute Gasteiger partial charge is 0.466 e. The summed E-state index contributed by atoms with van der Waals surface area (Å²) in [5, 5.41) is 3.49. The zero-order chi connectivity index (χ0) is 15.4. The number of aryl methyl sites for hydroxylation is 2. The van der Waals surface area contributed by atoms with Crippen LogP contribution in [0, 0.1) is 19.7 Å². The Balaban J connectivity index is 2.26. The van der Waals surface area contributed by atoms with Gasteiger partial charge in [-0.05, 0) is 57.0 Å². The second kappa shape index (κ2) is 7.23. The molecule has 0 aliphatic rings. The summed E-state index contributed by atoms with van der Waals surface area (Å²) in [6.45, 7) is 6.92. The summed E-state index contributed by atoms with van der Waals surface area (Å²) in [6, 6.07) is 7.34. The van der Waals surface area contributed by atoms with Crippen LogP contribution >= 0.6 is 15.9 Å². The van der Waals surface area contributed by atoms with Crippen molar-refractivity contribution in [2.45, 2.75) is 39.7 Å². The van der Waals surface area contributed by atoms with Crippen LogP contribution in [0.25, 0.3) is 0 Å². The number of benzene rings is 1. The van der Waals surface area contributed by atoms with Gasteiger partial charge in [0.1, 0.15) is 17.3 Å². The lowest BCUT2D eigenvalue weighted by atomic mass is 9.98. The SMILES string of the molecule is CCCNC(Cc1ccc(Br)cc1F)c1cc(C)oc1C. The Kier molecular flexibility index (Phi) is 5.59. The summed E-state index contributed by atoms with van der Waals surface area (Å²) < 4.78 is 20.5. The third-order valence-electron chi connectivity index (χ3n) is 3.53. The molecule has 21 heavy (non-hydrogen) atoms. The standard InChI is InChI=1S/C17H21BrFNO/c1-4-7-20-17(15-8-11(2)21-12(15)3)9-13-5-6-14(18)10-16(13)19/h5-6,8,10,17,20H,4,7,9H2,1-3H3. The van der Waals surface area contributed by atoms with Gasteiger partial charge in [0.05, 0.1) is 0 Å². The number of hydrogen-bond acceptors (Lipinski definition) is 2. The van der Waals surface area contributed by atoms with E-state index < -0.39 is 0 Å². The summed E-state index contributed by atoms with van der Waals surface area (Å²) >= 11 is 3.29. The normalized spacial score (nSPS) is 12.6. The van der Waals surface area contributed by atoms with Crippen molar-refractivity contribution in [3.05, 3.63) is 57.2 Å². The highest BCUT2D eigenvalue weighted by Gasteiger charge is 2.18. The molecule has 0 amide bonds. The van der Waals surface area contributed by atoms with Crippen molar-refractivity contribution in [2.24, 2.45) is 0 Å². The quantitative estimate of drug-likeness (QED) is 0.782. The number of rotatable bonds is 6. The van der Waals surface area contributed by atoms with E-state index in [4.69, 9.17) is 4.42 Å². The molecule has 4 heteroatoms. The predicted molar refractivity (Wildman–Crippen MR) is 87.0 cm³/mol. The molecule has 0 saturated carbocycles. The molecule has 0 bridgehead atoms. The monoisotopic (exact) mass is 353 g/mol. The molecule has 2 aromatic rings. The maximum atomic E-state index is 14.1. The summed E-state index contributed by atoms with van der Waals surface area (Å²) in [5.41, 5.74) is 1.83. The molecule has 1 atom stereocenters. The Morgan fingerprint density at radius 1 is 1.29 bits per heavy atom. The highest BCUT2D eigenvalue weighted by molar-refractivity contribution is 9.10. The molecule has 1 aromatic carbocycles. The van der Waals surface area contributed by atoms with Crippen LogP contribution in [-0.2, 0) is 6.42 Å².